The highest BCUT2D eigenvalue weighted by Gasteiger charge is 2.13. The third kappa shape index (κ3) is 3.79. The molecule has 118 valence electrons. The highest BCUT2D eigenvalue weighted by molar-refractivity contribution is 7.89. The highest BCUT2D eigenvalue weighted by Crippen LogP contribution is 2.15. The predicted octanol–water partition coefficient (Wildman–Crippen LogP) is 3.00. The molecule has 5 nitrogen and oxygen atoms in total. The first kappa shape index (κ1) is 15.7. The minimum Gasteiger partial charge on any atom is -0.241 e. The van der Waals surface area contributed by atoms with E-state index in [1.807, 2.05) is 36.5 Å². The number of sulfonamides is 1. The van der Waals surface area contributed by atoms with E-state index in [-0.39, 0.29) is 11.4 Å². The molecule has 0 aliphatic carbocycles. The summed E-state index contributed by atoms with van der Waals surface area (Å²) in [5.74, 6) is 0. The summed E-state index contributed by atoms with van der Waals surface area (Å²) >= 11 is 5.77. The van der Waals surface area contributed by atoms with Gasteiger partial charge in [-0.3, -0.25) is 0 Å². The summed E-state index contributed by atoms with van der Waals surface area (Å²) in [7, 11) is -3.55. The van der Waals surface area contributed by atoms with Crippen molar-refractivity contribution in [3.63, 3.8) is 0 Å². The van der Waals surface area contributed by atoms with Crippen LogP contribution in [-0.4, -0.2) is 18.2 Å². The Labute approximate surface area is 139 Å². The fraction of sp³-hybridized carbons (Fsp3) is 0.0625. The Bertz CT molecular complexity index is 874. The van der Waals surface area contributed by atoms with Crippen molar-refractivity contribution in [2.24, 2.45) is 0 Å². The van der Waals surface area contributed by atoms with Gasteiger partial charge in [-0.15, -0.1) is 0 Å². The summed E-state index contributed by atoms with van der Waals surface area (Å²) in [5, 5.41) is 4.64. The highest BCUT2D eigenvalue weighted by atomic mass is 35.5. The second kappa shape index (κ2) is 6.54. The Morgan fingerprint density at radius 3 is 2.35 bits per heavy atom. The monoisotopic (exact) mass is 347 g/mol. The molecular formula is C16H14ClN3O2S. The first-order chi connectivity index (χ1) is 11.0. The van der Waals surface area contributed by atoms with Crippen molar-refractivity contribution in [2.75, 3.05) is 0 Å². The molecule has 0 atom stereocenters. The largest absolute Gasteiger partial charge is 0.241 e. The van der Waals surface area contributed by atoms with Crippen molar-refractivity contribution in [1.29, 1.82) is 0 Å². The molecule has 0 bridgehead atoms. The maximum absolute atomic E-state index is 12.2. The number of hydrogen-bond acceptors (Lipinski definition) is 3. The van der Waals surface area contributed by atoms with Gasteiger partial charge in [-0.25, -0.2) is 17.8 Å². The number of aromatic nitrogens is 2. The summed E-state index contributed by atoms with van der Waals surface area (Å²) in [6, 6.07) is 15.4. The lowest BCUT2D eigenvalue weighted by molar-refractivity contribution is 0.581. The third-order valence-electron chi connectivity index (χ3n) is 3.30. The molecule has 0 aliphatic heterocycles. The van der Waals surface area contributed by atoms with Gasteiger partial charge in [0.15, 0.2) is 0 Å². The molecule has 0 unspecified atom stereocenters. The van der Waals surface area contributed by atoms with E-state index in [0.717, 1.165) is 11.3 Å². The second-order valence-corrected chi connectivity index (χ2v) is 7.10. The zero-order valence-corrected chi connectivity index (χ0v) is 13.6. The van der Waals surface area contributed by atoms with Gasteiger partial charge in [0, 0.05) is 24.0 Å². The van der Waals surface area contributed by atoms with Gasteiger partial charge in [0.1, 0.15) is 0 Å². The first-order valence-electron chi connectivity index (χ1n) is 6.89. The Morgan fingerprint density at radius 2 is 1.74 bits per heavy atom. The lowest BCUT2D eigenvalue weighted by Crippen LogP contribution is -2.23. The minimum atomic E-state index is -3.55. The van der Waals surface area contributed by atoms with E-state index in [1.165, 1.54) is 12.1 Å². The molecule has 23 heavy (non-hydrogen) atoms. The van der Waals surface area contributed by atoms with E-state index in [2.05, 4.69) is 9.82 Å². The van der Waals surface area contributed by atoms with Crippen LogP contribution in [0.5, 0.6) is 0 Å². The molecule has 3 rings (SSSR count). The molecule has 1 N–H and O–H groups in total. The van der Waals surface area contributed by atoms with Crippen molar-refractivity contribution in [1.82, 2.24) is 14.5 Å². The zero-order chi connectivity index (χ0) is 16.3. The maximum Gasteiger partial charge on any atom is 0.240 e. The number of nitrogens with zero attached hydrogens (tertiary/aromatic N) is 2. The lowest BCUT2D eigenvalue weighted by Gasteiger charge is -2.08. The molecular weight excluding hydrogens is 334 g/mol. The number of hydrogen-bond donors (Lipinski definition) is 1. The average Bonchev–Trinajstić information content (AvgIpc) is 3.08. The molecule has 3 aromatic rings. The smallest absolute Gasteiger partial charge is 0.240 e. The molecule has 0 radical (unpaired) electrons. The number of halogens is 1. The van der Waals surface area contributed by atoms with Gasteiger partial charge in [-0.2, -0.15) is 5.10 Å². The Hall–Kier alpha value is -2.15. The van der Waals surface area contributed by atoms with Gasteiger partial charge >= 0.3 is 0 Å². The van der Waals surface area contributed by atoms with Gasteiger partial charge in [0.2, 0.25) is 10.0 Å². The average molecular weight is 348 g/mol. The number of benzene rings is 2. The maximum atomic E-state index is 12.2. The van der Waals surface area contributed by atoms with Crippen molar-refractivity contribution >= 4 is 21.6 Å². The lowest BCUT2D eigenvalue weighted by atomic mass is 10.2. The Morgan fingerprint density at radius 1 is 1.04 bits per heavy atom. The molecule has 1 heterocycles. The Balaban J connectivity index is 1.69. The Kier molecular flexibility index (Phi) is 4.47. The van der Waals surface area contributed by atoms with E-state index in [0.29, 0.717) is 5.02 Å². The van der Waals surface area contributed by atoms with E-state index < -0.39 is 10.0 Å². The van der Waals surface area contributed by atoms with Crippen LogP contribution in [0.3, 0.4) is 0 Å². The van der Waals surface area contributed by atoms with E-state index in [1.54, 1.807) is 23.0 Å². The molecule has 0 spiro atoms. The van der Waals surface area contributed by atoms with Crippen molar-refractivity contribution in [2.45, 2.75) is 11.4 Å². The molecule has 7 heteroatoms. The summed E-state index contributed by atoms with van der Waals surface area (Å²) < 4.78 is 28.7. The molecule has 2 aromatic carbocycles. The second-order valence-electron chi connectivity index (χ2n) is 4.90. The third-order valence-corrected chi connectivity index (χ3v) is 4.96. The van der Waals surface area contributed by atoms with Gasteiger partial charge in [-0.1, -0.05) is 23.7 Å². The van der Waals surface area contributed by atoms with Gasteiger partial charge < -0.3 is 0 Å². The van der Waals surface area contributed by atoms with E-state index >= 15 is 0 Å². The topological polar surface area (TPSA) is 64.0 Å². The van der Waals surface area contributed by atoms with Crippen LogP contribution in [-0.2, 0) is 16.6 Å². The van der Waals surface area contributed by atoms with Crippen molar-refractivity contribution in [3.8, 4) is 5.69 Å². The fourth-order valence-electron chi connectivity index (χ4n) is 2.06. The van der Waals surface area contributed by atoms with Crippen LogP contribution in [0.15, 0.2) is 71.9 Å². The quantitative estimate of drug-likeness (QED) is 0.771. The molecule has 0 saturated heterocycles. The summed E-state index contributed by atoms with van der Waals surface area (Å²) in [5.41, 5.74) is 1.78. The zero-order valence-electron chi connectivity index (χ0n) is 12.1. The normalized spacial score (nSPS) is 11.5. The van der Waals surface area contributed by atoms with Gasteiger partial charge in [0.05, 0.1) is 10.6 Å². The van der Waals surface area contributed by atoms with Crippen LogP contribution >= 0.6 is 11.6 Å². The molecule has 0 saturated carbocycles. The van der Waals surface area contributed by atoms with Gasteiger partial charge in [-0.05, 0) is 48.0 Å². The van der Waals surface area contributed by atoms with E-state index in [9.17, 15) is 8.42 Å². The van der Waals surface area contributed by atoms with Crippen molar-refractivity contribution in [3.05, 3.63) is 77.6 Å². The van der Waals surface area contributed by atoms with Crippen LogP contribution < -0.4 is 4.72 Å². The summed E-state index contributed by atoms with van der Waals surface area (Å²) in [6.45, 7) is 0.213. The van der Waals surface area contributed by atoms with Gasteiger partial charge in [0.25, 0.3) is 0 Å². The summed E-state index contributed by atoms with van der Waals surface area (Å²) in [6.07, 6.45) is 3.55. The van der Waals surface area contributed by atoms with E-state index in [4.69, 9.17) is 11.6 Å². The van der Waals surface area contributed by atoms with Crippen LogP contribution in [0.4, 0.5) is 0 Å². The molecule has 0 amide bonds. The van der Waals surface area contributed by atoms with Crippen LogP contribution in [0.2, 0.25) is 5.02 Å². The summed E-state index contributed by atoms with van der Waals surface area (Å²) in [4.78, 5) is 0.190. The molecule has 1 aromatic heterocycles. The SMILES string of the molecule is O=S(=O)(NCc1ccc(-n2cccn2)cc1)c1ccc(Cl)cc1. The van der Waals surface area contributed by atoms with Crippen molar-refractivity contribution < 1.29 is 8.42 Å². The van der Waals surface area contributed by atoms with Crippen LogP contribution in [0.25, 0.3) is 5.69 Å². The predicted molar refractivity (Wildman–Crippen MR) is 89.0 cm³/mol. The fourth-order valence-corrected chi connectivity index (χ4v) is 3.21. The van der Waals surface area contributed by atoms with Crippen LogP contribution in [0, 0.1) is 0 Å². The number of nitrogens with one attached hydrogen (secondary N) is 1. The first-order valence-corrected chi connectivity index (χ1v) is 8.75. The molecule has 0 aliphatic rings. The molecule has 0 fully saturated rings. The minimum absolute atomic E-state index is 0.190. The number of rotatable bonds is 5. The standard InChI is InChI=1S/C16H14ClN3O2S/c17-14-4-8-16(9-5-14)23(21,22)19-12-13-2-6-15(7-3-13)20-11-1-10-18-20/h1-11,19H,12H2. The van der Waals surface area contributed by atoms with Crippen LogP contribution in [0.1, 0.15) is 5.56 Å².